The van der Waals surface area contributed by atoms with Crippen molar-refractivity contribution in [1.29, 1.82) is 0 Å². The first kappa shape index (κ1) is 20.1. The van der Waals surface area contributed by atoms with Gasteiger partial charge in [-0.05, 0) is 43.9 Å². The van der Waals surface area contributed by atoms with Gasteiger partial charge < -0.3 is 20.6 Å². The number of benzene rings is 1. The van der Waals surface area contributed by atoms with Crippen LogP contribution in [0.15, 0.2) is 30.6 Å². The maximum Gasteiger partial charge on any atom is 0.239 e. The summed E-state index contributed by atoms with van der Waals surface area (Å²) in [5.41, 5.74) is 8.98. The summed E-state index contributed by atoms with van der Waals surface area (Å²) in [6, 6.07) is 6.96. The molecule has 2 heterocycles. The van der Waals surface area contributed by atoms with Crippen molar-refractivity contribution in [3.63, 3.8) is 0 Å². The van der Waals surface area contributed by atoms with Crippen molar-refractivity contribution in [2.24, 2.45) is 5.73 Å². The number of carbonyl (C=O) groups excluding carboxylic acids is 1. The number of piperazine rings is 1. The first-order valence-corrected chi connectivity index (χ1v) is 10.4. The van der Waals surface area contributed by atoms with E-state index in [4.69, 9.17) is 17.3 Å². The number of nitrogens with zero attached hydrogens (tertiary/aromatic N) is 4. The van der Waals surface area contributed by atoms with Crippen LogP contribution in [0.4, 0.5) is 5.82 Å². The van der Waals surface area contributed by atoms with E-state index < -0.39 is 12.1 Å². The Hall–Kier alpha value is -2.22. The Labute approximate surface area is 175 Å². The van der Waals surface area contributed by atoms with Gasteiger partial charge in [0, 0.05) is 36.3 Å². The molecule has 2 aliphatic rings. The molecule has 3 atom stereocenters. The molecule has 29 heavy (non-hydrogen) atoms. The van der Waals surface area contributed by atoms with Gasteiger partial charge in [0.25, 0.3) is 0 Å². The standard InChI is InChI=1S/C21H26ClN5O2/c1-13-11-26(21(29)17(23)10-14-2-4-15(22)5-3-14)8-9-27(13)20-16-6-7-18(28)19(16)24-12-25-20/h2-5,12-13,17-18,28H,6-11,23H2,1H3/t13-,17?,18-/m0/s1. The summed E-state index contributed by atoms with van der Waals surface area (Å²) in [5, 5.41) is 10.8. The maximum atomic E-state index is 12.9. The molecule has 8 heteroatoms. The summed E-state index contributed by atoms with van der Waals surface area (Å²) in [7, 11) is 0. The quantitative estimate of drug-likeness (QED) is 0.789. The molecule has 0 radical (unpaired) electrons. The van der Waals surface area contributed by atoms with Gasteiger partial charge in [0.2, 0.25) is 5.91 Å². The van der Waals surface area contributed by atoms with E-state index in [9.17, 15) is 9.90 Å². The Bertz CT molecular complexity index is 891. The van der Waals surface area contributed by atoms with Crippen LogP contribution < -0.4 is 10.6 Å². The van der Waals surface area contributed by atoms with Gasteiger partial charge in [-0.1, -0.05) is 23.7 Å². The second kappa shape index (κ2) is 8.26. The zero-order chi connectivity index (χ0) is 20.5. The Morgan fingerprint density at radius 1 is 1.31 bits per heavy atom. The largest absolute Gasteiger partial charge is 0.387 e. The van der Waals surface area contributed by atoms with E-state index in [0.29, 0.717) is 37.5 Å². The number of carbonyl (C=O) groups is 1. The molecule has 1 saturated heterocycles. The molecule has 154 valence electrons. The number of aliphatic hydroxyl groups is 1. The van der Waals surface area contributed by atoms with Gasteiger partial charge in [-0.2, -0.15) is 0 Å². The summed E-state index contributed by atoms with van der Waals surface area (Å²) in [4.78, 5) is 25.7. The molecule has 0 bridgehead atoms. The monoisotopic (exact) mass is 415 g/mol. The number of aliphatic hydroxyl groups excluding tert-OH is 1. The Morgan fingerprint density at radius 2 is 2.07 bits per heavy atom. The van der Waals surface area contributed by atoms with E-state index in [1.165, 1.54) is 6.33 Å². The molecule has 1 aliphatic carbocycles. The Kier molecular flexibility index (Phi) is 5.72. The normalized spacial score (nSPS) is 22.5. The lowest BCUT2D eigenvalue weighted by molar-refractivity contribution is -0.133. The maximum absolute atomic E-state index is 12.9. The van der Waals surface area contributed by atoms with Crippen molar-refractivity contribution in [3.8, 4) is 0 Å². The fraction of sp³-hybridized carbons (Fsp3) is 0.476. The molecule has 1 unspecified atom stereocenters. The van der Waals surface area contributed by atoms with Crippen LogP contribution in [0.5, 0.6) is 0 Å². The van der Waals surface area contributed by atoms with Crippen LogP contribution in [0.3, 0.4) is 0 Å². The topological polar surface area (TPSA) is 95.6 Å². The van der Waals surface area contributed by atoms with E-state index in [-0.39, 0.29) is 11.9 Å². The van der Waals surface area contributed by atoms with E-state index in [2.05, 4.69) is 21.8 Å². The lowest BCUT2D eigenvalue weighted by Crippen LogP contribution is -2.57. The van der Waals surface area contributed by atoms with Crippen LogP contribution in [0, 0.1) is 0 Å². The number of anilines is 1. The summed E-state index contributed by atoms with van der Waals surface area (Å²) < 4.78 is 0. The van der Waals surface area contributed by atoms with Gasteiger partial charge in [-0.3, -0.25) is 4.79 Å². The smallest absolute Gasteiger partial charge is 0.239 e. The van der Waals surface area contributed by atoms with Crippen molar-refractivity contribution in [2.75, 3.05) is 24.5 Å². The highest BCUT2D eigenvalue weighted by molar-refractivity contribution is 6.30. The zero-order valence-corrected chi connectivity index (χ0v) is 17.2. The summed E-state index contributed by atoms with van der Waals surface area (Å²) in [6.07, 6.45) is 2.98. The van der Waals surface area contributed by atoms with Gasteiger partial charge in [0.1, 0.15) is 12.1 Å². The van der Waals surface area contributed by atoms with Crippen molar-refractivity contribution in [3.05, 3.63) is 52.4 Å². The SMILES string of the molecule is C[C@H]1CN(C(=O)C(N)Cc2ccc(Cl)cc2)CCN1c1ncnc2c1CC[C@@H]2O. The van der Waals surface area contributed by atoms with Gasteiger partial charge in [0.15, 0.2) is 0 Å². The third kappa shape index (κ3) is 4.08. The molecule has 1 aromatic carbocycles. The van der Waals surface area contributed by atoms with Gasteiger partial charge in [0.05, 0.1) is 17.8 Å². The fourth-order valence-corrected chi connectivity index (χ4v) is 4.40. The van der Waals surface area contributed by atoms with Crippen LogP contribution in [0.1, 0.15) is 36.3 Å². The van der Waals surface area contributed by atoms with Crippen LogP contribution in [0.2, 0.25) is 5.02 Å². The number of hydrogen-bond donors (Lipinski definition) is 2. The number of halogens is 1. The molecular weight excluding hydrogens is 390 g/mol. The van der Waals surface area contributed by atoms with Crippen LogP contribution in [-0.4, -0.2) is 57.6 Å². The fourth-order valence-electron chi connectivity index (χ4n) is 4.28. The predicted octanol–water partition coefficient (Wildman–Crippen LogP) is 1.72. The lowest BCUT2D eigenvalue weighted by Gasteiger charge is -2.41. The second-order valence-corrected chi connectivity index (χ2v) is 8.32. The van der Waals surface area contributed by atoms with Gasteiger partial charge in [-0.15, -0.1) is 0 Å². The number of amides is 1. The molecule has 1 aromatic heterocycles. The number of rotatable bonds is 4. The number of hydrogen-bond acceptors (Lipinski definition) is 6. The van der Waals surface area contributed by atoms with E-state index in [1.807, 2.05) is 29.2 Å². The van der Waals surface area contributed by atoms with Crippen molar-refractivity contribution in [2.45, 2.75) is 44.4 Å². The highest BCUT2D eigenvalue weighted by atomic mass is 35.5. The minimum atomic E-state index is -0.576. The third-order valence-corrected chi connectivity index (χ3v) is 6.09. The molecule has 1 amide bonds. The first-order valence-electron chi connectivity index (χ1n) is 10.0. The number of aromatic nitrogens is 2. The highest BCUT2D eigenvalue weighted by Crippen LogP contribution is 2.35. The van der Waals surface area contributed by atoms with Crippen LogP contribution in [0.25, 0.3) is 0 Å². The van der Waals surface area contributed by atoms with E-state index in [1.54, 1.807) is 0 Å². The summed E-state index contributed by atoms with van der Waals surface area (Å²) >= 11 is 5.92. The van der Waals surface area contributed by atoms with Crippen molar-refractivity contribution in [1.82, 2.24) is 14.9 Å². The summed E-state index contributed by atoms with van der Waals surface area (Å²) in [5.74, 6) is 0.853. The predicted molar refractivity (Wildman–Crippen MR) is 112 cm³/mol. The Balaban J connectivity index is 1.41. The minimum absolute atomic E-state index is 0.0326. The average Bonchev–Trinajstić information content (AvgIpc) is 3.10. The molecule has 0 spiro atoms. The first-order chi connectivity index (χ1) is 13.9. The lowest BCUT2D eigenvalue weighted by atomic mass is 10.0. The van der Waals surface area contributed by atoms with Crippen LogP contribution >= 0.6 is 11.6 Å². The molecule has 2 aromatic rings. The van der Waals surface area contributed by atoms with Gasteiger partial charge in [-0.25, -0.2) is 9.97 Å². The van der Waals surface area contributed by atoms with Crippen molar-refractivity contribution >= 4 is 23.3 Å². The zero-order valence-electron chi connectivity index (χ0n) is 16.5. The van der Waals surface area contributed by atoms with Crippen LogP contribution in [-0.2, 0) is 17.6 Å². The minimum Gasteiger partial charge on any atom is -0.387 e. The summed E-state index contributed by atoms with van der Waals surface area (Å²) in [6.45, 7) is 3.96. The molecule has 7 nitrogen and oxygen atoms in total. The van der Waals surface area contributed by atoms with Crippen molar-refractivity contribution < 1.29 is 9.90 Å². The number of fused-ring (bicyclic) bond motifs is 1. The molecule has 3 N–H and O–H groups in total. The second-order valence-electron chi connectivity index (χ2n) is 7.88. The molecule has 0 saturated carbocycles. The van der Waals surface area contributed by atoms with Gasteiger partial charge >= 0.3 is 0 Å². The highest BCUT2D eigenvalue weighted by Gasteiger charge is 2.33. The Morgan fingerprint density at radius 3 is 2.79 bits per heavy atom. The third-order valence-electron chi connectivity index (χ3n) is 5.84. The molecule has 1 fully saturated rings. The van der Waals surface area contributed by atoms with E-state index >= 15 is 0 Å². The average molecular weight is 416 g/mol. The number of nitrogens with two attached hydrogens (primary N) is 1. The molecule has 1 aliphatic heterocycles. The van der Waals surface area contributed by atoms with E-state index in [0.717, 1.165) is 29.1 Å². The molecule has 4 rings (SSSR count). The molecular formula is C21H26ClN5O2.